The molecular weight excluding hydrogens is 414 g/mol. The Bertz CT molecular complexity index is 950. The molecule has 5 fully saturated rings. The van der Waals surface area contributed by atoms with Gasteiger partial charge in [-0.15, -0.1) is 11.3 Å². The lowest BCUT2D eigenvalue weighted by Crippen LogP contribution is -2.56. The molecule has 4 bridgehead atoms. The maximum atomic E-state index is 13.7. The van der Waals surface area contributed by atoms with Gasteiger partial charge in [0.25, 0.3) is 5.89 Å². The van der Waals surface area contributed by atoms with Crippen LogP contribution in [0, 0.1) is 23.2 Å². The molecule has 164 valence electrons. The summed E-state index contributed by atoms with van der Waals surface area (Å²) in [6.07, 6.45) is 8.48. The van der Waals surface area contributed by atoms with Crippen LogP contribution in [0.1, 0.15) is 57.2 Å². The molecule has 8 heteroatoms. The van der Waals surface area contributed by atoms with Crippen molar-refractivity contribution in [3.8, 4) is 10.8 Å². The van der Waals surface area contributed by atoms with E-state index in [9.17, 15) is 9.59 Å². The second-order valence-electron chi connectivity index (χ2n) is 9.96. The minimum absolute atomic E-state index is 0.0381. The molecule has 3 heterocycles. The summed E-state index contributed by atoms with van der Waals surface area (Å²) in [6, 6.07) is 3.34. The zero-order chi connectivity index (χ0) is 21.0. The van der Waals surface area contributed by atoms with Crippen molar-refractivity contribution in [1.29, 1.82) is 0 Å². The highest BCUT2D eigenvalue weighted by atomic mass is 32.1. The van der Waals surface area contributed by atoms with Gasteiger partial charge in [-0.25, -0.2) is 4.79 Å². The summed E-state index contributed by atoms with van der Waals surface area (Å²) < 4.78 is 10.8. The van der Waals surface area contributed by atoms with Crippen LogP contribution < -0.4 is 0 Å². The summed E-state index contributed by atoms with van der Waals surface area (Å²) in [7, 11) is 0. The highest BCUT2D eigenvalue weighted by Gasteiger charge is 2.57. The van der Waals surface area contributed by atoms with Crippen molar-refractivity contribution in [3.63, 3.8) is 0 Å². The molecule has 2 aromatic rings. The van der Waals surface area contributed by atoms with E-state index in [1.54, 1.807) is 0 Å². The number of esters is 1. The number of aromatic nitrogens is 2. The van der Waals surface area contributed by atoms with Crippen LogP contribution in [0.2, 0.25) is 0 Å². The van der Waals surface area contributed by atoms with Crippen LogP contribution in [0.25, 0.3) is 10.8 Å². The first-order valence-electron chi connectivity index (χ1n) is 11.4. The quantitative estimate of drug-likeness (QED) is 0.651. The molecule has 0 radical (unpaired) electrons. The lowest BCUT2D eigenvalue weighted by molar-refractivity contribution is -0.166. The van der Waals surface area contributed by atoms with Crippen LogP contribution >= 0.6 is 11.3 Å². The van der Waals surface area contributed by atoms with Gasteiger partial charge in [0.2, 0.25) is 11.7 Å². The van der Waals surface area contributed by atoms with Gasteiger partial charge in [0.05, 0.1) is 10.3 Å². The Balaban J connectivity index is 1.12. The fourth-order valence-electron chi connectivity index (χ4n) is 6.98. The van der Waals surface area contributed by atoms with Crippen LogP contribution in [0.5, 0.6) is 0 Å². The second-order valence-corrected chi connectivity index (χ2v) is 10.9. The summed E-state index contributed by atoms with van der Waals surface area (Å²) in [4.78, 5) is 33.6. The van der Waals surface area contributed by atoms with Crippen LogP contribution in [0.3, 0.4) is 0 Å². The van der Waals surface area contributed by atoms with E-state index < -0.39 is 6.04 Å². The van der Waals surface area contributed by atoms with E-state index in [4.69, 9.17) is 9.26 Å². The largest absolute Gasteiger partial charge is 0.456 e. The van der Waals surface area contributed by atoms with Gasteiger partial charge < -0.3 is 14.2 Å². The van der Waals surface area contributed by atoms with Gasteiger partial charge in [-0.3, -0.25) is 4.79 Å². The highest BCUT2D eigenvalue weighted by molar-refractivity contribution is 7.13. The van der Waals surface area contributed by atoms with Gasteiger partial charge in [0.1, 0.15) is 6.04 Å². The molecular formula is C23H27N3O4S. The van der Waals surface area contributed by atoms with Crippen molar-refractivity contribution >= 4 is 23.2 Å². The van der Waals surface area contributed by atoms with E-state index in [0.717, 1.165) is 30.6 Å². The van der Waals surface area contributed by atoms with Crippen molar-refractivity contribution in [2.24, 2.45) is 23.2 Å². The Kier molecular flexibility index (Phi) is 4.67. The maximum absolute atomic E-state index is 13.7. The van der Waals surface area contributed by atoms with Crippen molar-refractivity contribution in [1.82, 2.24) is 15.0 Å². The molecule has 1 saturated heterocycles. The number of rotatable bonds is 5. The molecule has 1 aliphatic heterocycles. The number of hydrogen-bond acceptors (Lipinski definition) is 7. The summed E-state index contributed by atoms with van der Waals surface area (Å²) in [5.74, 6) is 2.76. The lowest BCUT2D eigenvalue weighted by Gasteiger charge is -2.56. The third-order valence-electron chi connectivity index (χ3n) is 7.82. The number of amides is 1. The Morgan fingerprint density at radius 1 is 1.19 bits per heavy atom. The molecule has 1 unspecified atom stereocenters. The molecule has 4 saturated carbocycles. The topological polar surface area (TPSA) is 85.5 Å². The zero-order valence-electron chi connectivity index (χ0n) is 17.5. The third-order valence-corrected chi connectivity index (χ3v) is 8.68. The minimum Gasteiger partial charge on any atom is -0.456 e. The molecule has 7 nitrogen and oxygen atoms in total. The lowest BCUT2D eigenvalue weighted by atomic mass is 9.49. The Morgan fingerprint density at radius 3 is 2.61 bits per heavy atom. The van der Waals surface area contributed by atoms with Gasteiger partial charge in [-0.1, -0.05) is 11.2 Å². The first-order chi connectivity index (χ1) is 15.1. The number of nitrogens with zero attached hydrogens (tertiary/aromatic N) is 3. The minimum atomic E-state index is -0.482. The van der Waals surface area contributed by atoms with Gasteiger partial charge in [-0.2, -0.15) is 4.98 Å². The van der Waals surface area contributed by atoms with E-state index >= 15 is 0 Å². The summed E-state index contributed by atoms with van der Waals surface area (Å²) in [6.45, 7) is 0.620. The van der Waals surface area contributed by atoms with E-state index in [1.165, 1.54) is 30.6 Å². The number of thiophene rings is 1. The standard InChI is InChI=1S/C23H27N3O4S/c27-21(29-13-19-24-20(30-25-19)18-4-2-6-31-18)17-3-1-5-26(17)22(28)23-10-14-7-15(11-23)9-16(8-14)12-23/h2,4,6,14-17H,1,3,5,7-13H2. The Hall–Kier alpha value is -2.22. The third kappa shape index (κ3) is 3.39. The Morgan fingerprint density at radius 2 is 1.94 bits per heavy atom. The fourth-order valence-corrected chi connectivity index (χ4v) is 7.62. The predicted molar refractivity (Wildman–Crippen MR) is 113 cm³/mol. The van der Waals surface area contributed by atoms with Crippen molar-refractivity contribution in [3.05, 3.63) is 23.3 Å². The first kappa shape index (κ1) is 19.5. The molecule has 31 heavy (non-hydrogen) atoms. The first-order valence-corrected chi connectivity index (χ1v) is 12.3. The van der Waals surface area contributed by atoms with E-state index in [1.807, 2.05) is 22.4 Å². The van der Waals surface area contributed by atoms with Crippen molar-refractivity contribution < 1.29 is 18.8 Å². The number of carbonyl (C=O) groups excluding carboxylic acids is 2. The van der Waals surface area contributed by atoms with Crippen LogP contribution in [0.15, 0.2) is 22.0 Å². The van der Waals surface area contributed by atoms with Gasteiger partial charge in [-0.05, 0) is 80.6 Å². The summed E-state index contributed by atoms with van der Waals surface area (Å²) in [5.41, 5.74) is -0.221. The molecule has 1 atom stereocenters. The molecule has 0 aromatic carbocycles. The molecule has 5 aliphatic rings. The SMILES string of the molecule is O=C(OCc1noc(-c2cccs2)n1)C1CCCN1C(=O)C12CC3CC(CC(C3)C1)C2. The average molecular weight is 442 g/mol. The Labute approximate surface area is 185 Å². The van der Waals surface area contributed by atoms with Crippen LogP contribution in [0.4, 0.5) is 0 Å². The monoisotopic (exact) mass is 441 g/mol. The molecule has 4 aliphatic carbocycles. The number of likely N-dealkylation sites (tertiary alicyclic amines) is 1. The number of carbonyl (C=O) groups is 2. The number of ether oxygens (including phenoxy) is 1. The zero-order valence-corrected chi connectivity index (χ0v) is 18.3. The van der Waals surface area contributed by atoms with Gasteiger partial charge in [0.15, 0.2) is 6.61 Å². The molecule has 2 aromatic heterocycles. The second kappa shape index (κ2) is 7.43. The van der Waals surface area contributed by atoms with E-state index in [2.05, 4.69) is 10.1 Å². The highest BCUT2D eigenvalue weighted by Crippen LogP contribution is 2.60. The fraction of sp³-hybridized carbons (Fsp3) is 0.652. The van der Waals surface area contributed by atoms with Crippen LogP contribution in [-0.2, 0) is 20.9 Å². The van der Waals surface area contributed by atoms with Gasteiger partial charge >= 0.3 is 5.97 Å². The average Bonchev–Trinajstić information content (AvgIpc) is 3.52. The van der Waals surface area contributed by atoms with E-state index in [-0.39, 0.29) is 23.9 Å². The maximum Gasteiger partial charge on any atom is 0.329 e. The van der Waals surface area contributed by atoms with E-state index in [0.29, 0.717) is 42.4 Å². The van der Waals surface area contributed by atoms with Crippen molar-refractivity contribution in [2.45, 2.75) is 64.0 Å². The van der Waals surface area contributed by atoms with Crippen LogP contribution in [-0.4, -0.2) is 39.5 Å². The summed E-state index contributed by atoms with van der Waals surface area (Å²) >= 11 is 1.51. The molecule has 0 N–H and O–H groups in total. The molecule has 0 spiro atoms. The van der Waals surface area contributed by atoms with Crippen molar-refractivity contribution in [2.75, 3.05) is 6.54 Å². The van der Waals surface area contributed by atoms with Gasteiger partial charge in [0, 0.05) is 6.54 Å². The number of hydrogen-bond donors (Lipinski definition) is 0. The smallest absolute Gasteiger partial charge is 0.329 e. The summed E-state index contributed by atoms with van der Waals surface area (Å²) in [5, 5.41) is 5.85. The molecule has 1 amide bonds. The molecule has 7 rings (SSSR count). The normalized spacial score (nSPS) is 33.7. The predicted octanol–water partition coefficient (Wildman–Crippen LogP) is 4.05.